The van der Waals surface area contributed by atoms with Crippen molar-refractivity contribution in [2.45, 2.75) is 39.5 Å². The van der Waals surface area contributed by atoms with E-state index < -0.39 is 0 Å². The van der Waals surface area contributed by atoms with Crippen molar-refractivity contribution < 1.29 is 5.11 Å². The average molecular weight is 269 g/mol. The minimum atomic E-state index is 0.0964. The van der Waals surface area contributed by atoms with Crippen LogP contribution in [0.1, 0.15) is 41.6 Å². The van der Waals surface area contributed by atoms with Crippen LogP contribution in [0.2, 0.25) is 0 Å². The molecule has 2 N–H and O–H groups in total. The second-order valence-corrected chi connectivity index (χ2v) is 5.18. The van der Waals surface area contributed by atoms with Crippen LogP contribution in [0.25, 0.3) is 0 Å². The number of hydrogen-bond acceptors (Lipinski definition) is 2. The number of aryl methyl sites for hydroxylation is 1. The topological polar surface area (TPSA) is 32.3 Å². The smallest absolute Gasteiger partial charge is 0.0685 e. The maximum absolute atomic E-state index is 9.36. The van der Waals surface area contributed by atoms with Gasteiger partial charge in [0.05, 0.1) is 6.61 Å². The number of hydrogen-bond donors (Lipinski definition) is 2. The molecule has 0 radical (unpaired) electrons. The summed E-state index contributed by atoms with van der Waals surface area (Å²) in [5.74, 6) is 0. The van der Waals surface area contributed by atoms with Crippen LogP contribution in [0.15, 0.2) is 48.5 Å². The lowest BCUT2D eigenvalue weighted by molar-refractivity contribution is 0.280. The third-order valence-electron chi connectivity index (χ3n) is 3.72. The minimum Gasteiger partial charge on any atom is -0.392 e. The van der Waals surface area contributed by atoms with E-state index in [0.717, 1.165) is 18.5 Å². The molecule has 1 atom stereocenters. The van der Waals surface area contributed by atoms with E-state index in [1.54, 1.807) is 0 Å². The Kier molecular flexibility index (Phi) is 5.33. The van der Waals surface area contributed by atoms with Crippen molar-refractivity contribution in [2.24, 2.45) is 0 Å². The van der Waals surface area contributed by atoms with E-state index in [4.69, 9.17) is 0 Å². The lowest BCUT2D eigenvalue weighted by Crippen LogP contribution is -2.21. The highest BCUT2D eigenvalue weighted by atomic mass is 16.3. The molecule has 2 heteroatoms. The fraction of sp³-hybridized carbons (Fsp3) is 0.333. The summed E-state index contributed by atoms with van der Waals surface area (Å²) in [5.41, 5.74) is 4.77. The molecule has 1 unspecified atom stereocenters. The number of benzene rings is 2. The molecular formula is C18H23NO. The van der Waals surface area contributed by atoms with Gasteiger partial charge in [-0.15, -0.1) is 0 Å². The van der Waals surface area contributed by atoms with Crippen LogP contribution < -0.4 is 5.32 Å². The van der Waals surface area contributed by atoms with Gasteiger partial charge < -0.3 is 10.4 Å². The molecule has 0 aliphatic rings. The molecule has 0 saturated heterocycles. The quantitative estimate of drug-likeness (QED) is 0.837. The summed E-state index contributed by atoms with van der Waals surface area (Å²) in [6, 6.07) is 17.1. The summed E-state index contributed by atoms with van der Waals surface area (Å²) in [7, 11) is 0. The first kappa shape index (κ1) is 14.8. The number of nitrogens with one attached hydrogen (secondary N) is 1. The van der Waals surface area contributed by atoms with Gasteiger partial charge in [0.1, 0.15) is 0 Å². The zero-order chi connectivity index (χ0) is 14.4. The summed E-state index contributed by atoms with van der Waals surface area (Å²) >= 11 is 0. The zero-order valence-electron chi connectivity index (χ0n) is 12.3. The van der Waals surface area contributed by atoms with Crippen LogP contribution in [0.4, 0.5) is 0 Å². The summed E-state index contributed by atoms with van der Waals surface area (Å²) in [6.07, 6.45) is 1.05. The molecule has 2 aromatic carbocycles. The molecule has 0 bridgehead atoms. The minimum absolute atomic E-state index is 0.0964. The molecule has 0 aliphatic heterocycles. The Morgan fingerprint density at radius 3 is 2.25 bits per heavy atom. The van der Waals surface area contributed by atoms with E-state index >= 15 is 0 Å². The maximum atomic E-state index is 9.36. The Morgan fingerprint density at radius 2 is 1.65 bits per heavy atom. The van der Waals surface area contributed by atoms with E-state index in [-0.39, 0.29) is 6.61 Å². The molecule has 2 aromatic rings. The normalized spacial score (nSPS) is 12.3. The lowest BCUT2D eigenvalue weighted by Gasteiger charge is -2.18. The molecule has 0 saturated carbocycles. The first-order valence-corrected chi connectivity index (χ1v) is 7.22. The van der Waals surface area contributed by atoms with Crippen molar-refractivity contribution in [1.82, 2.24) is 5.32 Å². The predicted octanol–water partition coefficient (Wildman–Crippen LogP) is 3.73. The van der Waals surface area contributed by atoms with Crippen molar-refractivity contribution in [3.8, 4) is 0 Å². The van der Waals surface area contributed by atoms with Crippen LogP contribution in [-0.2, 0) is 13.2 Å². The van der Waals surface area contributed by atoms with Gasteiger partial charge in [0, 0.05) is 12.6 Å². The molecule has 20 heavy (non-hydrogen) atoms. The van der Waals surface area contributed by atoms with Gasteiger partial charge in [-0.25, -0.2) is 0 Å². The van der Waals surface area contributed by atoms with Crippen molar-refractivity contribution >= 4 is 0 Å². The van der Waals surface area contributed by atoms with E-state index in [2.05, 4.69) is 49.5 Å². The van der Waals surface area contributed by atoms with Gasteiger partial charge >= 0.3 is 0 Å². The lowest BCUT2D eigenvalue weighted by atomic mass is 10.0. The monoisotopic (exact) mass is 269 g/mol. The van der Waals surface area contributed by atoms with Gasteiger partial charge in [-0.05, 0) is 30.0 Å². The highest BCUT2D eigenvalue weighted by molar-refractivity contribution is 5.27. The Bertz CT molecular complexity index is 533. The molecular weight excluding hydrogens is 246 g/mol. The van der Waals surface area contributed by atoms with Crippen LogP contribution in [-0.4, -0.2) is 5.11 Å². The van der Waals surface area contributed by atoms with Crippen molar-refractivity contribution in [1.29, 1.82) is 0 Å². The van der Waals surface area contributed by atoms with Crippen LogP contribution >= 0.6 is 0 Å². The van der Waals surface area contributed by atoms with E-state index in [1.807, 2.05) is 18.2 Å². The summed E-state index contributed by atoms with van der Waals surface area (Å²) < 4.78 is 0. The maximum Gasteiger partial charge on any atom is 0.0685 e. The van der Waals surface area contributed by atoms with E-state index in [9.17, 15) is 5.11 Å². The summed E-state index contributed by atoms with van der Waals surface area (Å²) in [6.45, 7) is 5.17. The van der Waals surface area contributed by atoms with Gasteiger partial charge in [0.15, 0.2) is 0 Å². The molecule has 2 nitrogen and oxygen atoms in total. The molecule has 106 valence electrons. The van der Waals surface area contributed by atoms with Crippen LogP contribution in [0, 0.1) is 6.92 Å². The number of aliphatic hydroxyl groups is 1. The first-order valence-electron chi connectivity index (χ1n) is 7.22. The van der Waals surface area contributed by atoms with Crippen LogP contribution in [0.3, 0.4) is 0 Å². The molecule has 0 spiro atoms. The van der Waals surface area contributed by atoms with Crippen molar-refractivity contribution in [2.75, 3.05) is 0 Å². The predicted molar refractivity (Wildman–Crippen MR) is 83.4 cm³/mol. The Labute approximate surface area is 121 Å². The Balaban J connectivity index is 2.05. The highest BCUT2D eigenvalue weighted by Gasteiger charge is 2.09. The standard InChI is InChI=1S/C18H23NO/c1-3-18(15-10-8-14(2)9-11-15)19-12-16-6-4-5-7-17(16)13-20/h4-11,18-20H,3,12-13H2,1-2H3. The van der Waals surface area contributed by atoms with Gasteiger partial charge in [-0.1, -0.05) is 61.0 Å². The molecule has 0 aliphatic carbocycles. The Hall–Kier alpha value is -1.64. The number of aliphatic hydroxyl groups excluding tert-OH is 1. The fourth-order valence-corrected chi connectivity index (χ4v) is 2.41. The van der Waals surface area contributed by atoms with Crippen LogP contribution in [0.5, 0.6) is 0 Å². The van der Waals surface area contributed by atoms with Gasteiger partial charge in [-0.2, -0.15) is 0 Å². The zero-order valence-corrected chi connectivity index (χ0v) is 12.3. The third kappa shape index (κ3) is 3.69. The Morgan fingerprint density at radius 1 is 1.00 bits per heavy atom. The second-order valence-electron chi connectivity index (χ2n) is 5.18. The van der Waals surface area contributed by atoms with E-state index in [0.29, 0.717) is 6.04 Å². The molecule has 0 aromatic heterocycles. The molecule has 0 amide bonds. The summed E-state index contributed by atoms with van der Waals surface area (Å²) in [5, 5.41) is 12.9. The average Bonchev–Trinajstić information content (AvgIpc) is 2.50. The SMILES string of the molecule is CCC(NCc1ccccc1CO)c1ccc(C)cc1. The molecule has 2 rings (SSSR count). The van der Waals surface area contributed by atoms with Crippen molar-refractivity contribution in [3.63, 3.8) is 0 Å². The van der Waals surface area contributed by atoms with Gasteiger partial charge in [0.2, 0.25) is 0 Å². The fourth-order valence-electron chi connectivity index (χ4n) is 2.41. The van der Waals surface area contributed by atoms with Gasteiger partial charge in [-0.3, -0.25) is 0 Å². The first-order chi connectivity index (χ1) is 9.74. The number of rotatable bonds is 6. The molecule has 0 heterocycles. The van der Waals surface area contributed by atoms with Gasteiger partial charge in [0.25, 0.3) is 0 Å². The third-order valence-corrected chi connectivity index (χ3v) is 3.72. The molecule has 0 fully saturated rings. The van der Waals surface area contributed by atoms with Crippen molar-refractivity contribution in [3.05, 3.63) is 70.8 Å². The largest absolute Gasteiger partial charge is 0.392 e. The van der Waals surface area contributed by atoms with E-state index in [1.165, 1.54) is 16.7 Å². The second kappa shape index (κ2) is 7.22. The highest BCUT2D eigenvalue weighted by Crippen LogP contribution is 2.18. The summed E-state index contributed by atoms with van der Waals surface area (Å²) in [4.78, 5) is 0.